The number of ether oxygens (including phenoxy) is 2. The summed E-state index contributed by atoms with van der Waals surface area (Å²) in [5, 5.41) is 0. The first-order valence-corrected chi connectivity index (χ1v) is 7.86. The second-order valence-electron chi connectivity index (χ2n) is 5.66. The Morgan fingerprint density at radius 1 is 1.12 bits per heavy atom. The molecule has 1 aliphatic rings. The van der Waals surface area contributed by atoms with E-state index in [1.54, 1.807) is 13.2 Å². The highest BCUT2D eigenvalue weighted by Crippen LogP contribution is 2.25. The van der Waals surface area contributed by atoms with Gasteiger partial charge in [-0.3, -0.25) is 0 Å². The molecule has 0 saturated carbocycles. The minimum Gasteiger partial charge on any atom is -0.496 e. The molecule has 4 nitrogen and oxygen atoms in total. The lowest BCUT2D eigenvalue weighted by Gasteiger charge is -2.05. The minimum absolute atomic E-state index is 0.307. The fourth-order valence-corrected chi connectivity index (χ4v) is 2.57. The Bertz CT molecular complexity index is 807. The molecule has 0 unspecified atom stereocenters. The number of aryl methyl sites for hydroxylation is 2. The van der Waals surface area contributed by atoms with Gasteiger partial charge in [-0.15, -0.1) is 0 Å². The maximum atomic E-state index is 12.0. The average Bonchev–Trinajstić information content (AvgIpc) is 2.94. The average molecular weight is 321 g/mol. The lowest BCUT2D eigenvalue weighted by molar-refractivity contribution is -0.130. The van der Waals surface area contributed by atoms with E-state index in [1.807, 2.05) is 55.5 Å². The molecule has 0 N–H and O–H groups in total. The Balaban J connectivity index is 1.78. The van der Waals surface area contributed by atoms with E-state index in [-0.39, 0.29) is 0 Å². The van der Waals surface area contributed by atoms with Crippen LogP contribution < -0.4 is 4.74 Å². The van der Waals surface area contributed by atoms with Gasteiger partial charge in [0.05, 0.1) is 7.11 Å². The molecule has 0 radical (unpaired) electrons. The normalized spacial score (nSPS) is 15.3. The molecule has 0 atom stereocenters. The van der Waals surface area contributed by atoms with Crippen molar-refractivity contribution in [2.24, 2.45) is 4.99 Å². The molecule has 3 rings (SSSR count). The van der Waals surface area contributed by atoms with Crippen molar-refractivity contribution in [1.82, 2.24) is 0 Å². The van der Waals surface area contributed by atoms with Gasteiger partial charge >= 0.3 is 5.97 Å². The van der Waals surface area contributed by atoms with Crippen molar-refractivity contribution < 1.29 is 14.3 Å². The van der Waals surface area contributed by atoms with Gasteiger partial charge in [0.2, 0.25) is 0 Å². The molecule has 0 amide bonds. The van der Waals surface area contributed by atoms with Gasteiger partial charge in [0.15, 0.2) is 11.6 Å². The summed E-state index contributed by atoms with van der Waals surface area (Å²) in [6, 6.07) is 15.9. The smallest absolute Gasteiger partial charge is 0.363 e. The third kappa shape index (κ3) is 3.71. The van der Waals surface area contributed by atoms with Crippen LogP contribution in [0.5, 0.6) is 5.75 Å². The standard InChI is InChI=1S/C20H19NO3/c1-14-8-10-18(23-2)16(12-14)13-17-20(22)24-19(21-17)11-9-15-6-4-3-5-7-15/h3-8,10,12-13H,9,11H2,1-2H3/b17-13+. The van der Waals surface area contributed by atoms with E-state index in [1.165, 1.54) is 5.56 Å². The van der Waals surface area contributed by atoms with Crippen molar-refractivity contribution in [3.63, 3.8) is 0 Å². The first-order chi connectivity index (χ1) is 11.7. The highest BCUT2D eigenvalue weighted by Gasteiger charge is 2.23. The number of nitrogens with zero attached hydrogens (tertiary/aromatic N) is 1. The topological polar surface area (TPSA) is 47.9 Å². The van der Waals surface area contributed by atoms with E-state index in [4.69, 9.17) is 9.47 Å². The fourth-order valence-electron chi connectivity index (χ4n) is 2.57. The van der Waals surface area contributed by atoms with Crippen LogP contribution in [0, 0.1) is 6.92 Å². The molecule has 0 saturated heterocycles. The van der Waals surface area contributed by atoms with Crippen molar-refractivity contribution in [2.45, 2.75) is 19.8 Å². The molecule has 0 spiro atoms. The third-order valence-corrected chi connectivity index (χ3v) is 3.81. The quantitative estimate of drug-likeness (QED) is 0.619. The maximum absolute atomic E-state index is 12.0. The first-order valence-electron chi connectivity index (χ1n) is 7.86. The molecule has 4 heteroatoms. The molecule has 24 heavy (non-hydrogen) atoms. The molecule has 0 bridgehead atoms. The molecule has 122 valence electrons. The number of esters is 1. The minimum atomic E-state index is -0.415. The largest absolute Gasteiger partial charge is 0.496 e. The van der Waals surface area contributed by atoms with Crippen molar-refractivity contribution in [3.8, 4) is 5.75 Å². The van der Waals surface area contributed by atoms with Crippen LogP contribution >= 0.6 is 0 Å². The number of hydrogen-bond donors (Lipinski definition) is 0. The number of cyclic esters (lactones) is 1. The molecular weight excluding hydrogens is 302 g/mol. The van der Waals surface area contributed by atoms with E-state index in [9.17, 15) is 4.79 Å². The highest BCUT2D eigenvalue weighted by molar-refractivity contribution is 6.07. The number of carbonyl (C=O) groups excluding carboxylic acids is 1. The third-order valence-electron chi connectivity index (χ3n) is 3.81. The second-order valence-corrected chi connectivity index (χ2v) is 5.66. The monoisotopic (exact) mass is 321 g/mol. The molecule has 2 aromatic carbocycles. The Labute approximate surface area is 141 Å². The Kier molecular flexibility index (Phi) is 4.75. The highest BCUT2D eigenvalue weighted by atomic mass is 16.6. The zero-order chi connectivity index (χ0) is 16.9. The summed E-state index contributed by atoms with van der Waals surface area (Å²) in [6.45, 7) is 1.99. The van der Waals surface area contributed by atoms with E-state index < -0.39 is 5.97 Å². The Hall–Kier alpha value is -2.88. The van der Waals surface area contributed by atoms with E-state index in [0.717, 1.165) is 17.5 Å². The first kappa shape index (κ1) is 16.0. The van der Waals surface area contributed by atoms with Crippen molar-refractivity contribution >= 4 is 17.9 Å². The predicted molar refractivity (Wildman–Crippen MR) is 94.0 cm³/mol. The van der Waals surface area contributed by atoms with Gasteiger partial charge in [-0.25, -0.2) is 9.79 Å². The van der Waals surface area contributed by atoms with Crippen LogP contribution in [-0.2, 0) is 16.0 Å². The van der Waals surface area contributed by atoms with Gasteiger partial charge < -0.3 is 9.47 Å². The lowest BCUT2D eigenvalue weighted by atomic mass is 10.1. The SMILES string of the molecule is COc1ccc(C)cc1/C=C1/N=C(CCc2ccccc2)OC1=O. The van der Waals surface area contributed by atoms with Crippen molar-refractivity contribution in [2.75, 3.05) is 7.11 Å². The summed E-state index contributed by atoms with van der Waals surface area (Å²) >= 11 is 0. The number of carbonyl (C=O) groups is 1. The van der Waals surface area contributed by atoms with E-state index in [2.05, 4.69) is 4.99 Å². The molecular formula is C20H19NO3. The Morgan fingerprint density at radius 2 is 1.92 bits per heavy atom. The van der Waals surface area contributed by atoms with Crippen LogP contribution in [0.2, 0.25) is 0 Å². The van der Waals surface area contributed by atoms with Gasteiger partial charge in [-0.2, -0.15) is 0 Å². The molecule has 2 aromatic rings. The second kappa shape index (κ2) is 7.13. The molecule has 0 aliphatic carbocycles. The van der Waals surface area contributed by atoms with Crippen LogP contribution in [0.1, 0.15) is 23.1 Å². The van der Waals surface area contributed by atoms with Gasteiger partial charge in [0.25, 0.3) is 0 Å². The van der Waals surface area contributed by atoms with E-state index >= 15 is 0 Å². The van der Waals surface area contributed by atoms with Gasteiger partial charge in [0, 0.05) is 12.0 Å². The summed E-state index contributed by atoms with van der Waals surface area (Å²) in [4.78, 5) is 16.4. The summed E-state index contributed by atoms with van der Waals surface area (Å²) in [7, 11) is 1.61. The number of benzene rings is 2. The maximum Gasteiger partial charge on any atom is 0.363 e. The summed E-state index contributed by atoms with van der Waals surface area (Å²) < 4.78 is 10.6. The van der Waals surface area contributed by atoms with Gasteiger partial charge in [-0.05, 0) is 37.1 Å². The van der Waals surface area contributed by atoms with Gasteiger partial charge in [0.1, 0.15) is 5.75 Å². The zero-order valence-electron chi connectivity index (χ0n) is 13.8. The number of hydrogen-bond acceptors (Lipinski definition) is 4. The number of rotatable bonds is 5. The van der Waals surface area contributed by atoms with Crippen molar-refractivity contribution in [3.05, 3.63) is 70.9 Å². The van der Waals surface area contributed by atoms with Crippen LogP contribution in [0.25, 0.3) is 6.08 Å². The van der Waals surface area contributed by atoms with Crippen LogP contribution in [0.4, 0.5) is 0 Å². The molecule has 1 aliphatic heterocycles. The van der Waals surface area contributed by atoms with Crippen LogP contribution in [0.3, 0.4) is 0 Å². The van der Waals surface area contributed by atoms with E-state index in [0.29, 0.717) is 23.8 Å². The van der Waals surface area contributed by atoms with Crippen LogP contribution in [-0.4, -0.2) is 19.0 Å². The Morgan fingerprint density at radius 3 is 2.67 bits per heavy atom. The predicted octanol–water partition coefficient (Wildman–Crippen LogP) is 3.93. The lowest BCUT2D eigenvalue weighted by Crippen LogP contribution is -2.05. The van der Waals surface area contributed by atoms with Gasteiger partial charge in [-0.1, -0.05) is 42.0 Å². The van der Waals surface area contributed by atoms with Crippen molar-refractivity contribution in [1.29, 1.82) is 0 Å². The number of methoxy groups -OCH3 is 1. The summed E-state index contributed by atoms with van der Waals surface area (Å²) in [6.07, 6.45) is 3.09. The fraction of sp³-hybridized carbons (Fsp3) is 0.200. The molecule has 0 aromatic heterocycles. The molecule has 1 heterocycles. The number of aliphatic imine (C=N–C) groups is 1. The summed E-state index contributed by atoms with van der Waals surface area (Å²) in [5.74, 6) is 0.747. The van der Waals surface area contributed by atoms with Crippen LogP contribution in [0.15, 0.2) is 59.2 Å². The zero-order valence-corrected chi connectivity index (χ0v) is 13.8. The summed E-state index contributed by atoms with van der Waals surface area (Å²) in [5.41, 5.74) is 3.40. The molecule has 0 fully saturated rings.